The molecule has 0 saturated heterocycles. The molecule has 0 aromatic carbocycles. The summed E-state index contributed by atoms with van der Waals surface area (Å²) in [7, 11) is 0. The second-order valence-electron chi connectivity index (χ2n) is 4.30. The molecular formula is C13H13F5N4. The molecule has 0 radical (unpaired) electrons. The number of rotatable bonds is 5. The maximum absolute atomic E-state index is 12.6. The summed E-state index contributed by atoms with van der Waals surface area (Å²) in [6, 6.07) is 1.94. The second-order valence-corrected chi connectivity index (χ2v) is 4.30. The summed E-state index contributed by atoms with van der Waals surface area (Å²) in [6.07, 6.45) is -4.48. The molecule has 0 aliphatic carbocycles. The quantitative estimate of drug-likeness (QED) is 0.361. The van der Waals surface area contributed by atoms with Crippen molar-refractivity contribution in [3.8, 4) is 6.19 Å². The first kappa shape index (κ1) is 17.8. The molecule has 0 bridgehead atoms. The Labute approximate surface area is 123 Å². The molecule has 0 saturated carbocycles. The Morgan fingerprint density at radius 2 is 2.09 bits per heavy atom. The van der Waals surface area contributed by atoms with E-state index in [4.69, 9.17) is 5.26 Å². The molecule has 1 aromatic heterocycles. The Bertz CT molecular complexity index is 545. The van der Waals surface area contributed by atoms with Gasteiger partial charge in [-0.1, -0.05) is 13.0 Å². The van der Waals surface area contributed by atoms with Gasteiger partial charge in [0.25, 0.3) is 6.43 Å². The lowest BCUT2D eigenvalue weighted by Crippen LogP contribution is -2.34. The highest BCUT2D eigenvalue weighted by Gasteiger charge is 2.32. The fourth-order valence-corrected chi connectivity index (χ4v) is 1.76. The van der Waals surface area contributed by atoms with Crippen LogP contribution in [0.15, 0.2) is 23.3 Å². The van der Waals surface area contributed by atoms with Crippen molar-refractivity contribution in [3.05, 3.63) is 29.6 Å². The normalized spacial score (nSPS) is 12.4. The number of hydrogen-bond donors (Lipinski definition) is 0. The lowest BCUT2D eigenvalue weighted by Gasteiger charge is -2.24. The van der Waals surface area contributed by atoms with Gasteiger partial charge in [-0.2, -0.15) is 23.4 Å². The molecule has 0 unspecified atom stereocenters. The van der Waals surface area contributed by atoms with Gasteiger partial charge in [-0.15, -0.1) is 0 Å². The number of aliphatic imine (C=N–C) groups is 1. The van der Waals surface area contributed by atoms with Gasteiger partial charge in [-0.25, -0.2) is 8.78 Å². The highest BCUT2D eigenvalue weighted by Crippen LogP contribution is 2.27. The lowest BCUT2D eigenvalue weighted by atomic mass is 10.2. The minimum atomic E-state index is -4.56. The summed E-state index contributed by atoms with van der Waals surface area (Å²) in [5.41, 5.74) is -0.745. The maximum atomic E-state index is 12.6. The monoisotopic (exact) mass is 320 g/mol. The third-order valence-corrected chi connectivity index (χ3v) is 2.71. The van der Waals surface area contributed by atoms with Crippen molar-refractivity contribution in [2.24, 2.45) is 4.99 Å². The van der Waals surface area contributed by atoms with Crippen LogP contribution in [-0.4, -0.2) is 28.7 Å². The second kappa shape index (κ2) is 7.68. The molecule has 9 heteroatoms. The summed E-state index contributed by atoms with van der Waals surface area (Å²) >= 11 is 0. The minimum absolute atomic E-state index is 0.107. The van der Waals surface area contributed by atoms with E-state index in [0.29, 0.717) is 5.56 Å². The van der Waals surface area contributed by atoms with Gasteiger partial charge < -0.3 is 4.90 Å². The van der Waals surface area contributed by atoms with E-state index in [0.717, 1.165) is 23.2 Å². The van der Waals surface area contributed by atoms with Crippen LogP contribution in [0.2, 0.25) is 0 Å². The van der Waals surface area contributed by atoms with Crippen LogP contribution in [0.25, 0.3) is 0 Å². The Morgan fingerprint density at radius 1 is 1.41 bits per heavy atom. The molecular weight excluding hydrogens is 307 g/mol. The molecule has 0 atom stereocenters. The van der Waals surface area contributed by atoms with E-state index in [9.17, 15) is 22.0 Å². The van der Waals surface area contributed by atoms with E-state index in [1.54, 1.807) is 6.92 Å². The van der Waals surface area contributed by atoms with Crippen LogP contribution < -0.4 is 0 Å². The standard InChI is InChI=1S/C13H13F5N4/c1-2-12(21-8-19)22(7-11(14)15)6-9-3-4-10(20-5-9)13(16,17)18/h3-5,11H,2,6-7H2,1H3. The molecule has 0 aliphatic rings. The number of aromatic nitrogens is 1. The van der Waals surface area contributed by atoms with Gasteiger partial charge in [0.05, 0.1) is 6.54 Å². The molecule has 22 heavy (non-hydrogen) atoms. The van der Waals surface area contributed by atoms with Crippen molar-refractivity contribution < 1.29 is 22.0 Å². The molecule has 1 rings (SSSR count). The molecule has 0 spiro atoms. The Kier molecular flexibility index (Phi) is 6.22. The van der Waals surface area contributed by atoms with Gasteiger partial charge in [-0.05, 0) is 11.6 Å². The predicted octanol–water partition coefficient (Wildman–Crippen LogP) is 3.46. The molecule has 0 fully saturated rings. The van der Waals surface area contributed by atoms with Gasteiger partial charge in [0, 0.05) is 19.2 Å². The molecule has 1 heterocycles. The Balaban J connectivity index is 2.95. The van der Waals surface area contributed by atoms with Crippen LogP contribution in [-0.2, 0) is 12.7 Å². The first-order valence-corrected chi connectivity index (χ1v) is 6.28. The van der Waals surface area contributed by atoms with Crippen LogP contribution in [0.1, 0.15) is 24.6 Å². The van der Waals surface area contributed by atoms with E-state index in [1.165, 1.54) is 6.19 Å². The minimum Gasteiger partial charge on any atom is -0.349 e. The fourth-order valence-electron chi connectivity index (χ4n) is 1.76. The first-order chi connectivity index (χ1) is 10.3. The molecule has 4 nitrogen and oxygen atoms in total. The van der Waals surface area contributed by atoms with Crippen LogP contribution in [0.5, 0.6) is 0 Å². The van der Waals surface area contributed by atoms with Gasteiger partial charge >= 0.3 is 6.18 Å². The van der Waals surface area contributed by atoms with Crippen LogP contribution in [0.4, 0.5) is 22.0 Å². The van der Waals surface area contributed by atoms with Crippen molar-refractivity contribution in [1.29, 1.82) is 5.26 Å². The zero-order valence-corrected chi connectivity index (χ0v) is 11.6. The maximum Gasteiger partial charge on any atom is 0.433 e. The number of alkyl halides is 5. The third-order valence-electron chi connectivity index (χ3n) is 2.71. The van der Waals surface area contributed by atoms with E-state index in [2.05, 4.69) is 9.98 Å². The lowest BCUT2D eigenvalue weighted by molar-refractivity contribution is -0.141. The highest BCUT2D eigenvalue weighted by atomic mass is 19.4. The van der Waals surface area contributed by atoms with E-state index in [1.807, 2.05) is 0 Å². The Hall–Kier alpha value is -2.24. The summed E-state index contributed by atoms with van der Waals surface area (Å²) in [6.45, 7) is 0.860. The van der Waals surface area contributed by atoms with E-state index in [-0.39, 0.29) is 18.8 Å². The molecule has 120 valence electrons. The zero-order valence-electron chi connectivity index (χ0n) is 11.6. The average Bonchev–Trinajstić information content (AvgIpc) is 2.43. The van der Waals surface area contributed by atoms with E-state index < -0.39 is 24.8 Å². The topological polar surface area (TPSA) is 52.3 Å². The van der Waals surface area contributed by atoms with Gasteiger partial charge in [0.15, 0.2) is 0 Å². The molecule has 0 amide bonds. The number of amidine groups is 1. The largest absolute Gasteiger partial charge is 0.433 e. The van der Waals surface area contributed by atoms with Gasteiger partial charge in [-0.3, -0.25) is 4.98 Å². The van der Waals surface area contributed by atoms with Crippen molar-refractivity contribution in [2.45, 2.75) is 32.5 Å². The molecule has 1 aromatic rings. The summed E-state index contributed by atoms with van der Waals surface area (Å²) < 4.78 is 62.4. The smallest absolute Gasteiger partial charge is 0.349 e. The van der Waals surface area contributed by atoms with Crippen molar-refractivity contribution in [3.63, 3.8) is 0 Å². The summed E-state index contributed by atoms with van der Waals surface area (Å²) in [4.78, 5) is 7.88. The number of halogens is 5. The fraction of sp³-hybridized carbons (Fsp3) is 0.462. The first-order valence-electron chi connectivity index (χ1n) is 6.28. The number of nitrogens with zero attached hydrogens (tertiary/aromatic N) is 4. The number of pyridine rings is 1. The van der Waals surface area contributed by atoms with Gasteiger partial charge in [0.1, 0.15) is 11.5 Å². The molecule has 0 aliphatic heterocycles. The summed E-state index contributed by atoms with van der Waals surface area (Å²) in [5.74, 6) is 0.141. The number of nitriles is 1. The highest BCUT2D eigenvalue weighted by molar-refractivity contribution is 5.82. The molecule has 0 N–H and O–H groups in total. The summed E-state index contributed by atoms with van der Waals surface area (Å²) in [5, 5.41) is 8.55. The van der Waals surface area contributed by atoms with Crippen LogP contribution in [0, 0.1) is 11.5 Å². The predicted molar refractivity (Wildman–Crippen MR) is 69.0 cm³/mol. The Morgan fingerprint density at radius 3 is 2.50 bits per heavy atom. The van der Waals surface area contributed by atoms with Crippen molar-refractivity contribution >= 4 is 5.84 Å². The third kappa shape index (κ3) is 5.27. The van der Waals surface area contributed by atoms with E-state index >= 15 is 0 Å². The average molecular weight is 320 g/mol. The SMILES string of the molecule is CCC(=NC#N)N(Cc1ccc(C(F)(F)F)nc1)CC(F)F. The van der Waals surface area contributed by atoms with Crippen LogP contribution in [0.3, 0.4) is 0 Å². The zero-order chi connectivity index (χ0) is 16.8. The number of hydrogen-bond acceptors (Lipinski definition) is 3. The van der Waals surface area contributed by atoms with Gasteiger partial charge in [0.2, 0.25) is 6.19 Å². The van der Waals surface area contributed by atoms with Crippen molar-refractivity contribution in [1.82, 2.24) is 9.88 Å². The van der Waals surface area contributed by atoms with Crippen molar-refractivity contribution in [2.75, 3.05) is 6.54 Å². The van der Waals surface area contributed by atoms with Crippen LogP contribution >= 0.6 is 0 Å².